The molecule has 0 bridgehead atoms. The van der Waals surface area contributed by atoms with Crippen molar-refractivity contribution in [3.63, 3.8) is 0 Å². The minimum absolute atomic E-state index is 0.196. The number of nitrogens with zero attached hydrogens (tertiary/aromatic N) is 1. The molecule has 2 rings (SSSR count). The molecule has 0 atom stereocenters. The maximum atomic E-state index is 11.8. The number of amides is 1. The summed E-state index contributed by atoms with van der Waals surface area (Å²) in [6.07, 6.45) is 1.57. The second-order valence-corrected chi connectivity index (χ2v) is 8.87. The second kappa shape index (κ2) is 8.02. The highest BCUT2D eigenvalue weighted by Crippen LogP contribution is 2.24. The van der Waals surface area contributed by atoms with Crippen LogP contribution in [0, 0.1) is 0 Å². The van der Waals surface area contributed by atoms with Gasteiger partial charge in [0.15, 0.2) is 5.11 Å². The van der Waals surface area contributed by atoms with Gasteiger partial charge in [-0.3, -0.25) is 4.79 Å². The quantitative estimate of drug-likeness (QED) is 0.626. The zero-order valence-corrected chi connectivity index (χ0v) is 15.6. The number of thiocarbonyl (C=S) groups is 1. The van der Waals surface area contributed by atoms with Gasteiger partial charge in [0.05, 0.1) is 0 Å². The van der Waals surface area contributed by atoms with Gasteiger partial charge < -0.3 is 15.5 Å². The molecule has 1 heterocycles. The van der Waals surface area contributed by atoms with Crippen LogP contribution in [0.3, 0.4) is 0 Å². The molecule has 1 saturated heterocycles. The smallest absolute Gasteiger partial charge is 0.227 e. The molecule has 1 aromatic carbocycles. The van der Waals surface area contributed by atoms with E-state index in [-0.39, 0.29) is 10.7 Å². The first-order chi connectivity index (χ1) is 10.8. The number of anilines is 2. The fourth-order valence-electron chi connectivity index (χ4n) is 2.37. The molecule has 0 aliphatic carbocycles. The number of nitrogens with one attached hydrogen (secondary N) is 2. The third kappa shape index (κ3) is 6.03. The number of thioether (sulfide) groups is 1. The van der Waals surface area contributed by atoms with Crippen LogP contribution in [0.5, 0.6) is 0 Å². The molecule has 4 nitrogen and oxygen atoms in total. The molecular weight excluding hydrogens is 326 g/mol. The largest absolute Gasteiger partial charge is 0.362 e. The van der Waals surface area contributed by atoms with Crippen LogP contribution in [0.4, 0.5) is 11.4 Å². The van der Waals surface area contributed by atoms with E-state index in [1.807, 2.05) is 40.9 Å². The summed E-state index contributed by atoms with van der Waals surface area (Å²) in [5, 5.41) is 7.03. The van der Waals surface area contributed by atoms with Crippen molar-refractivity contribution in [3.05, 3.63) is 24.3 Å². The predicted molar refractivity (Wildman–Crippen MR) is 104 cm³/mol. The third-order valence-electron chi connectivity index (χ3n) is 3.41. The highest BCUT2D eigenvalue weighted by molar-refractivity contribution is 8.00. The minimum atomic E-state index is 0.196. The van der Waals surface area contributed by atoms with Gasteiger partial charge in [-0.2, -0.15) is 11.8 Å². The van der Waals surface area contributed by atoms with Gasteiger partial charge in [0.2, 0.25) is 5.91 Å². The van der Waals surface area contributed by atoms with Gasteiger partial charge >= 0.3 is 0 Å². The average molecular weight is 352 g/mol. The lowest BCUT2D eigenvalue weighted by Crippen LogP contribution is -2.31. The Balaban J connectivity index is 1.83. The van der Waals surface area contributed by atoms with Gasteiger partial charge in [-0.15, -0.1) is 0 Å². The Morgan fingerprint density at radius 2 is 2.17 bits per heavy atom. The molecular formula is C17H25N3OS2. The van der Waals surface area contributed by atoms with E-state index in [1.165, 1.54) is 0 Å². The third-order valence-corrected chi connectivity index (χ3v) is 4.93. The van der Waals surface area contributed by atoms with Gasteiger partial charge in [0.1, 0.15) is 0 Å². The first kappa shape index (κ1) is 18.1. The summed E-state index contributed by atoms with van der Waals surface area (Å²) in [6, 6.07) is 7.84. The van der Waals surface area contributed by atoms with E-state index in [1.54, 1.807) is 0 Å². The van der Waals surface area contributed by atoms with E-state index in [4.69, 9.17) is 12.2 Å². The highest BCUT2D eigenvalue weighted by Gasteiger charge is 2.21. The van der Waals surface area contributed by atoms with Crippen LogP contribution < -0.4 is 15.5 Å². The van der Waals surface area contributed by atoms with Crippen LogP contribution in [0.2, 0.25) is 0 Å². The summed E-state index contributed by atoms with van der Waals surface area (Å²) in [5.74, 6) is 1.20. The SMILES string of the molecule is CC(C)(C)SCCNC(=S)Nc1cccc(N2CCCC2=O)c1. The Bertz CT molecular complexity index is 569. The van der Waals surface area contributed by atoms with Gasteiger partial charge in [-0.1, -0.05) is 26.8 Å². The molecule has 1 amide bonds. The van der Waals surface area contributed by atoms with Gasteiger partial charge in [-0.25, -0.2) is 0 Å². The molecule has 23 heavy (non-hydrogen) atoms. The van der Waals surface area contributed by atoms with Gasteiger partial charge in [0, 0.05) is 41.4 Å². The van der Waals surface area contributed by atoms with Crippen molar-refractivity contribution < 1.29 is 4.79 Å². The standard InChI is InChI=1S/C17H25N3OS2/c1-17(2,3)23-11-9-18-16(22)19-13-6-4-7-14(12-13)20-10-5-8-15(20)21/h4,6-7,12H,5,8-11H2,1-3H3,(H2,18,19,22). The second-order valence-electron chi connectivity index (χ2n) is 6.54. The Hall–Kier alpha value is -1.27. The average Bonchev–Trinajstić information content (AvgIpc) is 2.89. The van der Waals surface area contributed by atoms with Crippen LogP contribution in [0.1, 0.15) is 33.6 Å². The summed E-state index contributed by atoms with van der Waals surface area (Å²) in [6.45, 7) is 8.26. The van der Waals surface area contributed by atoms with Crippen LogP contribution in [-0.2, 0) is 4.79 Å². The molecule has 2 N–H and O–H groups in total. The lowest BCUT2D eigenvalue weighted by atomic mass is 10.2. The molecule has 6 heteroatoms. The molecule has 1 aromatic rings. The normalized spacial score (nSPS) is 14.9. The Kier molecular flexibility index (Phi) is 6.30. The molecule has 0 spiro atoms. The van der Waals surface area contributed by atoms with Gasteiger partial charge in [0.25, 0.3) is 0 Å². The molecule has 0 unspecified atom stereocenters. The van der Waals surface area contributed by atoms with Crippen molar-refractivity contribution in [2.75, 3.05) is 29.1 Å². The fourth-order valence-corrected chi connectivity index (χ4v) is 3.41. The lowest BCUT2D eigenvalue weighted by molar-refractivity contribution is -0.117. The maximum absolute atomic E-state index is 11.8. The molecule has 0 radical (unpaired) electrons. The van der Waals surface area contributed by atoms with Crippen molar-refractivity contribution in [2.24, 2.45) is 0 Å². The van der Waals surface area contributed by atoms with E-state index in [2.05, 4.69) is 31.4 Å². The van der Waals surface area contributed by atoms with Crippen molar-refractivity contribution in [3.8, 4) is 0 Å². The predicted octanol–water partition coefficient (Wildman–Crippen LogP) is 3.63. The number of hydrogen-bond acceptors (Lipinski definition) is 3. The molecule has 0 aromatic heterocycles. The Morgan fingerprint density at radius 1 is 1.39 bits per heavy atom. The van der Waals surface area contributed by atoms with E-state index < -0.39 is 0 Å². The summed E-state index contributed by atoms with van der Waals surface area (Å²) in [4.78, 5) is 13.7. The van der Waals surface area contributed by atoms with E-state index in [0.29, 0.717) is 11.5 Å². The Labute approximate surface area is 148 Å². The van der Waals surface area contributed by atoms with Crippen molar-refractivity contribution in [1.82, 2.24) is 5.32 Å². The van der Waals surface area contributed by atoms with E-state index >= 15 is 0 Å². The Morgan fingerprint density at radius 3 is 2.83 bits per heavy atom. The molecule has 126 valence electrons. The molecule has 1 fully saturated rings. The van der Waals surface area contributed by atoms with Crippen LogP contribution in [0.15, 0.2) is 24.3 Å². The molecule has 0 saturated carbocycles. The topological polar surface area (TPSA) is 44.4 Å². The fraction of sp³-hybridized carbons (Fsp3) is 0.529. The zero-order chi connectivity index (χ0) is 16.9. The lowest BCUT2D eigenvalue weighted by Gasteiger charge is -2.19. The number of carbonyl (C=O) groups is 1. The number of carbonyl (C=O) groups excluding carboxylic acids is 1. The van der Waals surface area contributed by atoms with Crippen LogP contribution >= 0.6 is 24.0 Å². The summed E-state index contributed by atoms with van der Waals surface area (Å²) < 4.78 is 0.271. The monoisotopic (exact) mass is 351 g/mol. The van der Waals surface area contributed by atoms with E-state index in [0.717, 1.165) is 36.6 Å². The number of rotatable bonds is 5. The van der Waals surface area contributed by atoms with Crippen LogP contribution in [-0.4, -0.2) is 34.6 Å². The maximum Gasteiger partial charge on any atom is 0.227 e. The molecule has 1 aliphatic heterocycles. The summed E-state index contributed by atoms with van der Waals surface area (Å²) >= 11 is 7.24. The number of benzene rings is 1. The first-order valence-electron chi connectivity index (χ1n) is 7.94. The van der Waals surface area contributed by atoms with Crippen molar-refractivity contribution >= 4 is 46.4 Å². The van der Waals surface area contributed by atoms with Crippen molar-refractivity contribution in [2.45, 2.75) is 38.4 Å². The number of hydrogen-bond donors (Lipinski definition) is 2. The summed E-state index contributed by atoms with van der Waals surface area (Å²) in [5.41, 5.74) is 1.84. The minimum Gasteiger partial charge on any atom is -0.362 e. The highest BCUT2D eigenvalue weighted by atomic mass is 32.2. The van der Waals surface area contributed by atoms with Crippen LogP contribution in [0.25, 0.3) is 0 Å². The van der Waals surface area contributed by atoms with Gasteiger partial charge in [-0.05, 0) is 36.8 Å². The van der Waals surface area contributed by atoms with Crippen molar-refractivity contribution in [1.29, 1.82) is 0 Å². The zero-order valence-electron chi connectivity index (χ0n) is 14.0. The summed E-state index contributed by atoms with van der Waals surface area (Å²) in [7, 11) is 0. The molecule has 1 aliphatic rings. The first-order valence-corrected chi connectivity index (χ1v) is 9.34. The van der Waals surface area contributed by atoms with E-state index in [9.17, 15) is 4.79 Å².